The Morgan fingerprint density at radius 3 is 3.00 bits per heavy atom. The summed E-state index contributed by atoms with van der Waals surface area (Å²) in [5.74, 6) is 0.686. The monoisotopic (exact) mass is 392 g/mol. The number of likely N-dealkylation sites (N-methyl/N-ethyl adjacent to an activating group) is 1. The van der Waals surface area contributed by atoms with E-state index >= 15 is 0 Å². The van der Waals surface area contributed by atoms with Crippen LogP contribution in [0, 0.1) is 0 Å². The lowest BCUT2D eigenvalue weighted by Gasteiger charge is -2.17. The van der Waals surface area contributed by atoms with Gasteiger partial charge in [-0.2, -0.15) is 8.78 Å². The number of nitrogens with zero attached hydrogens (tertiary/aromatic N) is 1. The molecule has 4 nitrogen and oxygen atoms in total. The van der Waals surface area contributed by atoms with Crippen molar-refractivity contribution < 1.29 is 26.5 Å². The molecular weight excluding hydrogens is 362 g/mol. The Labute approximate surface area is 171 Å². The summed E-state index contributed by atoms with van der Waals surface area (Å²) in [5, 5.41) is 0.754. The maximum atomic E-state index is 12.5. The second-order valence-electron chi connectivity index (χ2n) is 6.78. The van der Waals surface area contributed by atoms with Crippen LogP contribution in [0.3, 0.4) is 0 Å². The molecule has 1 aromatic heterocycles. The van der Waals surface area contributed by atoms with Gasteiger partial charge in [0.05, 0.1) is 0 Å². The second kappa shape index (κ2) is 7.80. The summed E-state index contributed by atoms with van der Waals surface area (Å²) in [5.41, 5.74) is 3.30. The Kier molecular flexibility index (Phi) is 3.56. The molecule has 0 aliphatic heterocycles. The van der Waals surface area contributed by atoms with Crippen LogP contribution < -0.4 is 9.47 Å². The molecule has 0 amide bonds. The van der Waals surface area contributed by atoms with Gasteiger partial charge in [-0.1, -0.05) is 12.1 Å². The van der Waals surface area contributed by atoms with Crippen molar-refractivity contribution in [3.63, 3.8) is 0 Å². The van der Waals surface area contributed by atoms with E-state index in [1.807, 2.05) is 12.1 Å². The van der Waals surface area contributed by atoms with Crippen LogP contribution in [0.2, 0.25) is 0 Å². The first-order valence-corrected chi connectivity index (χ1v) is 9.04. The average molecular weight is 392 g/mol. The summed E-state index contributed by atoms with van der Waals surface area (Å²) in [6.45, 7) is -8.58. The van der Waals surface area contributed by atoms with Gasteiger partial charge >= 0.3 is 6.61 Å². The Morgan fingerprint density at radius 2 is 2.18 bits per heavy atom. The van der Waals surface area contributed by atoms with Crippen molar-refractivity contribution in [2.45, 2.75) is 32.0 Å². The fourth-order valence-corrected chi connectivity index (χ4v) is 3.75. The largest absolute Gasteiger partial charge is 0.485 e. The molecule has 0 radical (unpaired) electrons. The van der Waals surface area contributed by atoms with Crippen LogP contribution in [0.5, 0.6) is 11.5 Å². The standard InChI is InChI=1S/C22H24F2N2O2/c1-26(2)11-10-15-13-25-18-4-3-5-20(21(15)18)28-19-9-6-14-12-16(27-22(23)24)7-8-17(14)19/h3-5,7-8,12-13,19,22,25H,6,9-11H2,1-2H3/t19-/m1/s1/i1D3,2D3. The fourth-order valence-electron chi connectivity index (χ4n) is 3.75. The summed E-state index contributed by atoms with van der Waals surface area (Å²) in [6.07, 6.45) is 2.95. The quantitative estimate of drug-likeness (QED) is 0.619. The van der Waals surface area contributed by atoms with Crippen LogP contribution in [0.25, 0.3) is 10.9 Å². The summed E-state index contributed by atoms with van der Waals surface area (Å²) >= 11 is 0. The topological polar surface area (TPSA) is 37.5 Å². The van der Waals surface area contributed by atoms with Crippen molar-refractivity contribution in [3.05, 3.63) is 59.3 Å². The number of aryl methyl sites for hydroxylation is 1. The van der Waals surface area contributed by atoms with E-state index in [1.165, 1.54) is 6.07 Å². The van der Waals surface area contributed by atoms with Crippen molar-refractivity contribution in [3.8, 4) is 11.5 Å². The van der Waals surface area contributed by atoms with Gasteiger partial charge in [-0.25, -0.2) is 0 Å². The highest BCUT2D eigenvalue weighted by molar-refractivity contribution is 5.89. The minimum atomic E-state index is -2.89. The number of alkyl halides is 2. The molecule has 148 valence electrons. The maximum Gasteiger partial charge on any atom is 0.387 e. The van der Waals surface area contributed by atoms with E-state index in [-0.39, 0.29) is 24.8 Å². The molecule has 0 unspecified atom stereocenters. The van der Waals surface area contributed by atoms with E-state index in [4.69, 9.17) is 13.0 Å². The lowest BCUT2D eigenvalue weighted by molar-refractivity contribution is -0.0498. The molecule has 28 heavy (non-hydrogen) atoms. The van der Waals surface area contributed by atoms with Gasteiger partial charge in [-0.3, -0.25) is 0 Å². The van der Waals surface area contributed by atoms with Crippen LogP contribution >= 0.6 is 0 Å². The zero-order valence-electron chi connectivity index (χ0n) is 21.0. The summed E-state index contributed by atoms with van der Waals surface area (Å²) < 4.78 is 81.3. The van der Waals surface area contributed by atoms with Crippen LogP contribution in [0.15, 0.2) is 42.6 Å². The summed E-state index contributed by atoms with van der Waals surface area (Å²) in [7, 11) is 0. The fraction of sp³-hybridized carbons (Fsp3) is 0.364. The van der Waals surface area contributed by atoms with Crippen molar-refractivity contribution in [2.24, 2.45) is 0 Å². The SMILES string of the molecule is [2H]C([2H])([2H])N(CCc1c[nH]c2cccc(O[C@@H]3CCc4cc(OC(F)F)ccc43)c12)C([2H])([2H])[2H]. The van der Waals surface area contributed by atoms with Gasteiger partial charge in [0, 0.05) is 31.9 Å². The predicted molar refractivity (Wildman–Crippen MR) is 105 cm³/mol. The van der Waals surface area contributed by atoms with Gasteiger partial charge in [0.2, 0.25) is 0 Å². The van der Waals surface area contributed by atoms with Gasteiger partial charge in [-0.15, -0.1) is 0 Å². The zero-order chi connectivity index (χ0) is 24.7. The number of aromatic amines is 1. The number of halogens is 2. The number of ether oxygens (including phenoxy) is 2. The highest BCUT2D eigenvalue weighted by Crippen LogP contribution is 2.39. The van der Waals surface area contributed by atoms with Crippen molar-refractivity contribution in [1.82, 2.24) is 9.88 Å². The number of aromatic nitrogens is 1. The predicted octanol–water partition coefficient (Wildman–Crippen LogP) is 4.94. The lowest BCUT2D eigenvalue weighted by atomic mass is 10.1. The summed E-state index contributed by atoms with van der Waals surface area (Å²) in [4.78, 5) is 3.67. The third-order valence-electron chi connectivity index (χ3n) is 4.99. The molecule has 1 atom stereocenters. The highest BCUT2D eigenvalue weighted by atomic mass is 19.3. The number of H-pyrrole nitrogens is 1. The van der Waals surface area contributed by atoms with Crippen LogP contribution in [-0.2, 0) is 12.8 Å². The molecule has 2 aromatic carbocycles. The second-order valence-corrected chi connectivity index (χ2v) is 6.78. The van der Waals surface area contributed by atoms with Crippen LogP contribution in [-0.4, -0.2) is 37.0 Å². The molecule has 4 rings (SSSR count). The van der Waals surface area contributed by atoms with Gasteiger partial charge in [-0.05, 0) is 74.2 Å². The molecule has 0 spiro atoms. The van der Waals surface area contributed by atoms with E-state index in [2.05, 4.69) is 9.72 Å². The molecule has 1 heterocycles. The molecule has 6 heteroatoms. The Morgan fingerprint density at radius 1 is 1.29 bits per heavy atom. The molecule has 0 fully saturated rings. The molecule has 0 saturated carbocycles. The smallest absolute Gasteiger partial charge is 0.387 e. The van der Waals surface area contributed by atoms with Gasteiger partial charge < -0.3 is 19.4 Å². The number of hydrogen-bond acceptors (Lipinski definition) is 3. The molecule has 1 aliphatic carbocycles. The Bertz CT molecular complexity index is 1150. The highest BCUT2D eigenvalue weighted by Gasteiger charge is 2.26. The third kappa shape index (κ3) is 3.83. The van der Waals surface area contributed by atoms with Gasteiger partial charge in [0.25, 0.3) is 0 Å². The van der Waals surface area contributed by atoms with Crippen LogP contribution in [0.4, 0.5) is 8.78 Å². The molecule has 1 aliphatic rings. The van der Waals surface area contributed by atoms with Gasteiger partial charge in [0.15, 0.2) is 0 Å². The third-order valence-corrected chi connectivity index (χ3v) is 4.99. The number of hydrogen-bond donors (Lipinski definition) is 1. The van der Waals surface area contributed by atoms with Crippen molar-refractivity contribution >= 4 is 10.9 Å². The minimum absolute atomic E-state index is 0.109. The van der Waals surface area contributed by atoms with Crippen molar-refractivity contribution in [1.29, 1.82) is 0 Å². The van der Waals surface area contributed by atoms with Crippen LogP contribution in [0.1, 0.15) is 37.4 Å². The van der Waals surface area contributed by atoms with Crippen molar-refractivity contribution in [2.75, 3.05) is 20.5 Å². The first kappa shape index (κ1) is 12.8. The minimum Gasteiger partial charge on any atom is -0.485 e. The zero-order valence-corrected chi connectivity index (χ0v) is 15.0. The van der Waals surface area contributed by atoms with E-state index in [9.17, 15) is 8.78 Å². The number of rotatable bonds is 7. The first-order valence-electron chi connectivity index (χ1n) is 12.0. The normalized spacial score (nSPS) is 20.2. The molecule has 3 aromatic rings. The van der Waals surface area contributed by atoms with E-state index in [0.717, 1.165) is 27.6 Å². The number of nitrogens with one attached hydrogen (secondary N) is 1. The van der Waals surface area contributed by atoms with E-state index in [1.54, 1.807) is 24.4 Å². The molecule has 1 N–H and O–H groups in total. The molecule has 0 saturated heterocycles. The van der Waals surface area contributed by atoms with E-state index in [0.29, 0.717) is 23.5 Å². The lowest BCUT2D eigenvalue weighted by Crippen LogP contribution is -2.15. The Hall–Kier alpha value is -2.60. The molecule has 0 bridgehead atoms. The maximum absolute atomic E-state index is 12.5. The Balaban J connectivity index is 1.57. The number of fused-ring (bicyclic) bond motifs is 2. The average Bonchev–Trinajstić information content (AvgIpc) is 3.30. The first-order chi connectivity index (χ1) is 15.9. The summed E-state index contributed by atoms with van der Waals surface area (Å²) in [6, 6.07) is 10.3. The van der Waals surface area contributed by atoms with Gasteiger partial charge in [0.1, 0.15) is 17.6 Å². The number of benzene rings is 2. The van der Waals surface area contributed by atoms with E-state index < -0.39 is 20.6 Å². The molecular formula is C22H24F2N2O2.